The predicted molar refractivity (Wildman–Crippen MR) is 70.7 cm³/mol. The van der Waals surface area contributed by atoms with E-state index >= 15 is 0 Å². The van der Waals surface area contributed by atoms with Gasteiger partial charge in [0.05, 0.1) is 11.0 Å². The molecule has 0 aliphatic heterocycles. The van der Waals surface area contributed by atoms with Gasteiger partial charge in [0, 0.05) is 11.2 Å². The molecule has 1 aromatic carbocycles. The van der Waals surface area contributed by atoms with E-state index in [2.05, 4.69) is 5.11 Å². The van der Waals surface area contributed by atoms with Gasteiger partial charge in [-0.2, -0.15) is 0 Å². The molecule has 0 fully saturated rings. The van der Waals surface area contributed by atoms with Gasteiger partial charge in [-0.05, 0) is 23.1 Å². The third-order valence-corrected chi connectivity index (χ3v) is 2.94. The highest BCUT2D eigenvalue weighted by atomic mass is 16.7. The molecule has 0 saturated carbocycles. The van der Waals surface area contributed by atoms with Crippen molar-refractivity contribution in [1.82, 2.24) is 0 Å². The van der Waals surface area contributed by atoms with Crippen LogP contribution in [0.1, 0.15) is 6.42 Å². The van der Waals surface area contributed by atoms with Gasteiger partial charge in [-0.25, -0.2) is 0 Å². The maximum absolute atomic E-state index is 12.1. The number of hydrogen-bond donors (Lipinski definition) is 0. The van der Waals surface area contributed by atoms with Crippen molar-refractivity contribution in [2.45, 2.75) is 12.1 Å². The maximum Gasteiger partial charge on any atom is 0.468 e. The van der Waals surface area contributed by atoms with Crippen molar-refractivity contribution in [2.24, 2.45) is 5.11 Å². The van der Waals surface area contributed by atoms with Gasteiger partial charge in [-0.3, -0.25) is 20.2 Å². The van der Waals surface area contributed by atoms with Gasteiger partial charge in [-0.1, -0.05) is 18.2 Å². The summed E-state index contributed by atoms with van der Waals surface area (Å²) < 4.78 is 0. The molecule has 9 heteroatoms. The Balaban J connectivity index is 2.43. The molecule has 0 bridgehead atoms. The second-order valence-electron chi connectivity index (χ2n) is 4.30. The summed E-state index contributed by atoms with van der Waals surface area (Å²) in [4.78, 5) is 20.3. The molecule has 1 aromatic rings. The van der Waals surface area contributed by atoms with Crippen molar-refractivity contribution in [3.8, 4) is 0 Å². The summed E-state index contributed by atoms with van der Waals surface area (Å²) >= 11 is 0. The summed E-state index contributed by atoms with van der Waals surface area (Å²) in [6.45, 7) is 0. The normalized spacial score (nSPS) is 21.7. The summed E-state index contributed by atoms with van der Waals surface area (Å²) in [7, 11) is 0. The standard InChI is InChI=1S/C12H10N4O5/c17-14(18)11-7-4-8-12(9-11,16(20)21)15(19)13-10-5-2-1-3-6-10/h1-8H,9H2. The SMILES string of the molecule is O=[N+]([O-])C1=CC=CC([N+](=O)[O-])([N+]([O-])=Nc2ccccc2)C1. The summed E-state index contributed by atoms with van der Waals surface area (Å²) in [6.07, 6.45) is 2.58. The van der Waals surface area contributed by atoms with Gasteiger partial charge in [0.25, 0.3) is 5.70 Å². The molecule has 21 heavy (non-hydrogen) atoms. The average molecular weight is 290 g/mol. The van der Waals surface area contributed by atoms with E-state index in [0.717, 1.165) is 18.2 Å². The fourth-order valence-electron chi connectivity index (χ4n) is 1.84. The first-order chi connectivity index (χ1) is 9.95. The molecule has 0 amide bonds. The highest BCUT2D eigenvalue weighted by Crippen LogP contribution is 2.29. The van der Waals surface area contributed by atoms with Gasteiger partial charge >= 0.3 is 5.66 Å². The topological polar surface area (TPSA) is 125 Å². The zero-order valence-corrected chi connectivity index (χ0v) is 10.7. The van der Waals surface area contributed by atoms with Crippen molar-refractivity contribution in [3.63, 3.8) is 0 Å². The fraction of sp³-hybridized carbons (Fsp3) is 0.167. The van der Waals surface area contributed by atoms with Crippen molar-refractivity contribution in [1.29, 1.82) is 0 Å². The third-order valence-electron chi connectivity index (χ3n) is 2.94. The van der Waals surface area contributed by atoms with Crippen molar-refractivity contribution >= 4 is 5.69 Å². The van der Waals surface area contributed by atoms with Crippen LogP contribution >= 0.6 is 0 Å². The van der Waals surface area contributed by atoms with Gasteiger partial charge < -0.3 is 5.21 Å². The second kappa shape index (κ2) is 5.49. The van der Waals surface area contributed by atoms with E-state index in [4.69, 9.17) is 0 Å². The molecule has 0 saturated heterocycles. The van der Waals surface area contributed by atoms with Crippen LogP contribution in [0.3, 0.4) is 0 Å². The number of nitrogens with zero attached hydrogens (tertiary/aromatic N) is 4. The maximum atomic E-state index is 12.1. The first kappa shape index (κ1) is 14.3. The van der Waals surface area contributed by atoms with Crippen LogP contribution in [0.15, 0.2) is 59.4 Å². The Morgan fingerprint density at radius 2 is 1.76 bits per heavy atom. The molecule has 1 aliphatic rings. The van der Waals surface area contributed by atoms with E-state index in [-0.39, 0.29) is 10.5 Å². The molecule has 0 spiro atoms. The Hall–Kier alpha value is -3.10. The molecule has 9 nitrogen and oxygen atoms in total. The van der Waals surface area contributed by atoms with Crippen LogP contribution in [0.25, 0.3) is 0 Å². The third kappa shape index (κ3) is 2.76. The Bertz CT molecular complexity index is 667. The zero-order valence-electron chi connectivity index (χ0n) is 10.7. The minimum atomic E-state index is -2.31. The Morgan fingerprint density at radius 3 is 2.33 bits per heavy atom. The lowest BCUT2D eigenvalue weighted by Crippen LogP contribution is -2.46. The van der Waals surface area contributed by atoms with Crippen LogP contribution in [0.4, 0.5) is 5.69 Å². The van der Waals surface area contributed by atoms with E-state index in [9.17, 15) is 25.4 Å². The Labute approximate surface area is 118 Å². The molecule has 1 unspecified atom stereocenters. The minimum Gasteiger partial charge on any atom is -0.594 e. The molecule has 0 heterocycles. The molecule has 2 rings (SSSR count). The van der Waals surface area contributed by atoms with Gasteiger partial charge in [0.2, 0.25) is 0 Å². The smallest absolute Gasteiger partial charge is 0.468 e. The Kier molecular flexibility index (Phi) is 3.74. The quantitative estimate of drug-likeness (QED) is 0.277. The van der Waals surface area contributed by atoms with Gasteiger partial charge in [-0.15, -0.1) is 0 Å². The average Bonchev–Trinajstić information content (AvgIpc) is 2.48. The van der Waals surface area contributed by atoms with Crippen LogP contribution in [0.2, 0.25) is 0 Å². The van der Waals surface area contributed by atoms with E-state index in [1.807, 2.05) is 0 Å². The number of azo groups is 1. The lowest BCUT2D eigenvalue weighted by molar-refractivity contribution is -0.800. The summed E-state index contributed by atoms with van der Waals surface area (Å²) in [5.74, 6) is 0. The van der Waals surface area contributed by atoms with Crippen LogP contribution < -0.4 is 0 Å². The first-order valence-electron chi connectivity index (χ1n) is 5.87. The monoisotopic (exact) mass is 290 g/mol. The predicted octanol–water partition coefficient (Wildman–Crippen LogP) is 2.37. The number of nitro groups is 2. The highest BCUT2D eigenvalue weighted by molar-refractivity contribution is 5.34. The lowest BCUT2D eigenvalue weighted by Gasteiger charge is -2.18. The molecular weight excluding hydrogens is 280 g/mol. The molecule has 0 N–H and O–H groups in total. The second-order valence-corrected chi connectivity index (χ2v) is 4.30. The van der Waals surface area contributed by atoms with Crippen LogP contribution in [0.5, 0.6) is 0 Å². The first-order valence-corrected chi connectivity index (χ1v) is 5.87. The largest absolute Gasteiger partial charge is 0.594 e. The molecule has 1 aliphatic carbocycles. The fourth-order valence-corrected chi connectivity index (χ4v) is 1.84. The van der Waals surface area contributed by atoms with Crippen LogP contribution in [0, 0.1) is 25.4 Å². The van der Waals surface area contributed by atoms with Crippen LogP contribution in [-0.4, -0.2) is 20.4 Å². The number of hydroxylamine groups is 1. The van der Waals surface area contributed by atoms with E-state index < -0.39 is 27.6 Å². The summed E-state index contributed by atoms with van der Waals surface area (Å²) in [5.41, 5.74) is -2.51. The van der Waals surface area contributed by atoms with Crippen molar-refractivity contribution < 1.29 is 14.7 Å². The van der Waals surface area contributed by atoms with Gasteiger partial charge in [0.15, 0.2) is 6.42 Å². The molecule has 0 aromatic heterocycles. The number of allylic oxidation sites excluding steroid dienone is 2. The van der Waals surface area contributed by atoms with Gasteiger partial charge in [0.1, 0.15) is 10.6 Å². The number of benzene rings is 1. The molecule has 1 atom stereocenters. The van der Waals surface area contributed by atoms with Crippen LogP contribution in [-0.2, 0) is 0 Å². The summed E-state index contributed by atoms with van der Waals surface area (Å²) in [5, 5.41) is 37.8. The van der Waals surface area contributed by atoms with E-state index in [1.54, 1.807) is 18.2 Å². The molecular formula is C12H10N4O5. The van der Waals surface area contributed by atoms with E-state index in [0.29, 0.717) is 0 Å². The Morgan fingerprint density at radius 1 is 1.10 bits per heavy atom. The van der Waals surface area contributed by atoms with E-state index in [1.165, 1.54) is 12.1 Å². The molecule has 0 radical (unpaired) electrons. The van der Waals surface area contributed by atoms with Crippen molar-refractivity contribution in [2.75, 3.05) is 0 Å². The zero-order chi connectivity index (χ0) is 15.5. The molecule has 108 valence electrons. The highest BCUT2D eigenvalue weighted by Gasteiger charge is 2.56. The van der Waals surface area contributed by atoms with Crippen molar-refractivity contribution in [3.05, 3.63) is 79.7 Å². The lowest BCUT2D eigenvalue weighted by atomic mass is 10.00. The minimum absolute atomic E-state index is 0.102. The number of hydrogen-bond acceptors (Lipinski definition) is 6. The number of rotatable bonds is 4. The summed E-state index contributed by atoms with van der Waals surface area (Å²) in [6, 6.07) is 7.92.